The van der Waals surface area contributed by atoms with Crippen molar-refractivity contribution in [1.82, 2.24) is 0 Å². The van der Waals surface area contributed by atoms with Crippen molar-refractivity contribution in [3.05, 3.63) is 59.2 Å². The van der Waals surface area contributed by atoms with Crippen LogP contribution in [0.2, 0.25) is 0 Å². The Hall–Kier alpha value is -3.28. The smallest absolute Gasteiger partial charge is 0.333 e. The fourth-order valence-corrected chi connectivity index (χ4v) is 5.52. The van der Waals surface area contributed by atoms with Gasteiger partial charge in [0.15, 0.2) is 0 Å². The molecular formula is C30H36O6. The number of rotatable bonds is 11. The minimum absolute atomic E-state index is 0.00581. The highest BCUT2D eigenvalue weighted by atomic mass is 16.6. The fourth-order valence-electron chi connectivity index (χ4n) is 5.52. The molecule has 0 heterocycles. The van der Waals surface area contributed by atoms with Crippen molar-refractivity contribution in [2.24, 2.45) is 0 Å². The van der Waals surface area contributed by atoms with Gasteiger partial charge in [-0.15, -0.1) is 0 Å². The Labute approximate surface area is 213 Å². The molecule has 0 aromatic heterocycles. The standard InChI is InChI=1S/C30H36O6/c1-7-20-8-9-22-23(16-20)26(33-12-14-35-28(31)18(2)3)24-21-10-11-30(6,17-21)25(24)27(22)34-13-15-36-29(32)19(4)5/h8-9,16,21H,2,4,7,10-15,17H2,1,3,5-6H3. The number of carbonyl (C=O) groups is 2. The second kappa shape index (κ2) is 10.4. The van der Waals surface area contributed by atoms with Crippen molar-refractivity contribution >= 4 is 22.7 Å². The molecule has 0 aliphatic heterocycles. The molecule has 2 atom stereocenters. The lowest BCUT2D eigenvalue weighted by Crippen LogP contribution is -2.20. The summed E-state index contributed by atoms with van der Waals surface area (Å²) in [7, 11) is 0. The number of aryl methyl sites for hydroxylation is 1. The molecule has 0 radical (unpaired) electrons. The molecule has 192 valence electrons. The molecule has 4 rings (SSSR count). The SMILES string of the molecule is C=C(C)C(=O)OCCOc1c2c(c(OCCOC(=O)C(=C)C)c3ccc(CC)cc13)C1(C)CCC2C1. The van der Waals surface area contributed by atoms with Crippen molar-refractivity contribution in [1.29, 1.82) is 0 Å². The lowest BCUT2D eigenvalue weighted by molar-refractivity contribution is -0.140. The number of hydrogen-bond acceptors (Lipinski definition) is 6. The second-order valence-corrected chi connectivity index (χ2v) is 10.2. The summed E-state index contributed by atoms with van der Waals surface area (Å²) in [5.74, 6) is 1.31. The third kappa shape index (κ3) is 4.86. The van der Waals surface area contributed by atoms with Crippen LogP contribution in [0.5, 0.6) is 11.5 Å². The van der Waals surface area contributed by atoms with Crippen LogP contribution in [0.1, 0.15) is 69.6 Å². The van der Waals surface area contributed by atoms with Crippen LogP contribution >= 0.6 is 0 Å². The van der Waals surface area contributed by atoms with E-state index in [1.54, 1.807) is 13.8 Å². The molecule has 2 aromatic carbocycles. The average molecular weight is 493 g/mol. The average Bonchev–Trinajstić information content (AvgIpc) is 3.38. The summed E-state index contributed by atoms with van der Waals surface area (Å²) in [4.78, 5) is 23.6. The zero-order chi connectivity index (χ0) is 26.0. The van der Waals surface area contributed by atoms with E-state index >= 15 is 0 Å². The Balaban J connectivity index is 1.71. The third-order valence-corrected chi connectivity index (χ3v) is 7.30. The number of ether oxygens (including phenoxy) is 4. The quantitative estimate of drug-likeness (QED) is 0.220. The van der Waals surface area contributed by atoms with E-state index in [2.05, 4.69) is 45.2 Å². The van der Waals surface area contributed by atoms with Crippen LogP contribution in [0.25, 0.3) is 10.8 Å². The van der Waals surface area contributed by atoms with Crippen molar-refractivity contribution in [2.45, 2.75) is 64.7 Å². The van der Waals surface area contributed by atoms with Crippen LogP contribution in [0, 0.1) is 0 Å². The molecule has 2 aliphatic rings. The largest absolute Gasteiger partial charge is 0.489 e. The molecule has 36 heavy (non-hydrogen) atoms. The Kier molecular flexibility index (Phi) is 7.43. The number of fused-ring (bicyclic) bond motifs is 6. The Morgan fingerprint density at radius 2 is 1.56 bits per heavy atom. The molecule has 0 spiro atoms. The zero-order valence-electron chi connectivity index (χ0n) is 21.8. The predicted octanol–water partition coefficient (Wildman–Crippen LogP) is 5.94. The van der Waals surface area contributed by atoms with E-state index in [0.29, 0.717) is 17.1 Å². The molecule has 1 fully saturated rings. The molecule has 0 saturated heterocycles. The van der Waals surface area contributed by atoms with Crippen molar-refractivity contribution in [2.75, 3.05) is 26.4 Å². The minimum atomic E-state index is -0.414. The van der Waals surface area contributed by atoms with Gasteiger partial charge < -0.3 is 18.9 Å². The first-order valence-corrected chi connectivity index (χ1v) is 12.7. The molecule has 2 aromatic rings. The van der Waals surface area contributed by atoms with Crippen LogP contribution in [0.15, 0.2) is 42.5 Å². The predicted molar refractivity (Wildman–Crippen MR) is 140 cm³/mol. The molecule has 1 saturated carbocycles. The summed E-state index contributed by atoms with van der Waals surface area (Å²) >= 11 is 0. The first-order valence-electron chi connectivity index (χ1n) is 12.7. The lowest BCUT2D eigenvalue weighted by atomic mass is 9.78. The molecule has 2 bridgehead atoms. The normalized spacial score (nSPS) is 19.6. The fraction of sp³-hybridized carbons (Fsp3) is 0.467. The van der Waals surface area contributed by atoms with Gasteiger partial charge in [-0.3, -0.25) is 0 Å². The number of carbonyl (C=O) groups excluding carboxylic acids is 2. The third-order valence-electron chi connectivity index (χ3n) is 7.30. The summed E-state index contributed by atoms with van der Waals surface area (Å²) in [5.41, 5.74) is 4.37. The highest BCUT2D eigenvalue weighted by Gasteiger charge is 2.50. The summed E-state index contributed by atoms with van der Waals surface area (Å²) in [6, 6.07) is 6.40. The van der Waals surface area contributed by atoms with E-state index in [-0.39, 0.29) is 31.8 Å². The van der Waals surface area contributed by atoms with Gasteiger partial charge in [-0.25, -0.2) is 9.59 Å². The van der Waals surface area contributed by atoms with Gasteiger partial charge in [0, 0.05) is 33.0 Å². The van der Waals surface area contributed by atoms with E-state index in [1.807, 2.05) is 0 Å². The van der Waals surface area contributed by atoms with Gasteiger partial charge in [0.25, 0.3) is 0 Å². The Morgan fingerprint density at radius 3 is 2.14 bits per heavy atom. The van der Waals surface area contributed by atoms with Crippen LogP contribution in [0.4, 0.5) is 0 Å². The van der Waals surface area contributed by atoms with Crippen LogP contribution < -0.4 is 9.47 Å². The molecule has 2 aliphatic carbocycles. The van der Waals surface area contributed by atoms with Gasteiger partial charge in [-0.2, -0.15) is 0 Å². The minimum Gasteiger partial charge on any atom is -0.489 e. The van der Waals surface area contributed by atoms with E-state index in [1.165, 1.54) is 16.7 Å². The highest BCUT2D eigenvalue weighted by Crippen LogP contribution is 2.64. The number of hydrogen-bond donors (Lipinski definition) is 0. The van der Waals surface area contributed by atoms with Crippen LogP contribution in [0.3, 0.4) is 0 Å². The first-order chi connectivity index (χ1) is 17.2. The van der Waals surface area contributed by atoms with Gasteiger partial charge >= 0.3 is 11.9 Å². The van der Waals surface area contributed by atoms with Crippen LogP contribution in [-0.4, -0.2) is 38.4 Å². The van der Waals surface area contributed by atoms with E-state index < -0.39 is 11.9 Å². The van der Waals surface area contributed by atoms with Crippen LogP contribution in [-0.2, 0) is 30.9 Å². The topological polar surface area (TPSA) is 71.1 Å². The summed E-state index contributed by atoms with van der Waals surface area (Å²) in [6.45, 7) is 15.8. The van der Waals surface area contributed by atoms with E-state index in [0.717, 1.165) is 48.0 Å². The Morgan fingerprint density at radius 1 is 0.944 bits per heavy atom. The second-order valence-electron chi connectivity index (χ2n) is 10.2. The maximum atomic E-state index is 11.8. The molecule has 6 nitrogen and oxygen atoms in total. The molecule has 0 amide bonds. The van der Waals surface area contributed by atoms with Gasteiger partial charge in [0.2, 0.25) is 0 Å². The monoisotopic (exact) mass is 492 g/mol. The summed E-state index contributed by atoms with van der Waals surface area (Å²) < 4.78 is 23.3. The molecule has 6 heteroatoms. The summed E-state index contributed by atoms with van der Waals surface area (Å²) in [5, 5.41) is 1.99. The first kappa shape index (κ1) is 25.8. The molecule has 2 unspecified atom stereocenters. The van der Waals surface area contributed by atoms with E-state index in [4.69, 9.17) is 18.9 Å². The van der Waals surface area contributed by atoms with Crippen molar-refractivity contribution in [3.63, 3.8) is 0 Å². The lowest BCUT2D eigenvalue weighted by Gasteiger charge is -2.30. The Bertz CT molecular complexity index is 1230. The van der Waals surface area contributed by atoms with Gasteiger partial charge in [-0.1, -0.05) is 39.1 Å². The van der Waals surface area contributed by atoms with Gasteiger partial charge in [-0.05, 0) is 62.5 Å². The highest BCUT2D eigenvalue weighted by molar-refractivity contribution is 5.98. The van der Waals surface area contributed by atoms with Crippen molar-refractivity contribution < 1.29 is 28.5 Å². The number of esters is 2. The van der Waals surface area contributed by atoms with Gasteiger partial charge in [0.1, 0.15) is 37.9 Å². The molecule has 0 N–H and O–H groups in total. The van der Waals surface area contributed by atoms with E-state index in [9.17, 15) is 9.59 Å². The van der Waals surface area contributed by atoms with Gasteiger partial charge in [0.05, 0.1) is 0 Å². The number of benzene rings is 2. The summed E-state index contributed by atoms with van der Waals surface area (Å²) in [6.07, 6.45) is 4.16. The maximum absolute atomic E-state index is 11.8. The zero-order valence-corrected chi connectivity index (χ0v) is 21.8. The maximum Gasteiger partial charge on any atom is 0.333 e. The van der Waals surface area contributed by atoms with Crippen molar-refractivity contribution in [3.8, 4) is 11.5 Å². The molecular weight excluding hydrogens is 456 g/mol.